The van der Waals surface area contributed by atoms with E-state index < -0.39 is 0 Å². The normalized spacial score (nSPS) is 11.0. The first-order valence-electron chi connectivity index (χ1n) is 7.93. The largest absolute Gasteiger partial charge is 0.493 e. The molecular formula is C20H23NO3. The summed E-state index contributed by atoms with van der Waals surface area (Å²) >= 11 is 0. The van der Waals surface area contributed by atoms with Crippen LogP contribution < -0.4 is 9.47 Å². The number of hydrogen-bond donors (Lipinski definition) is 0. The molecule has 0 saturated heterocycles. The Morgan fingerprint density at radius 1 is 1.04 bits per heavy atom. The van der Waals surface area contributed by atoms with Gasteiger partial charge in [0, 0.05) is 19.5 Å². The lowest BCUT2D eigenvalue weighted by Gasteiger charge is -2.12. The van der Waals surface area contributed by atoms with Crippen molar-refractivity contribution in [3.63, 3.8) is 0 Å². The minimum absolute atomic E-state index is 0.184. The molecule has 4 heteroatoms. The second kappa shape index (κ2) is 6.57. The number of hydrogen-bond acceptors (Lipinski definition) is 3. The van der Waals surface area contributed by atoms with Crippen molar-refractivity contribution in [3.8, 4) is 22.8 Å². The van der Waals surface area contributed by atoms with Gasteiger partial charge in [-0.05, 0) is 43.2 Å². The number of aromatic nitrogens is 1. The summed E-state index contributed by atoms with van der Waals surface area (Å²) in [6, 6.07) is 12.5. The molecule has 24 heavy (non-hydrogen) atoms. The van der Waals surface area contributed by atoms with Crippen LogP contribution in [-0.2, 0) is 11.8 Å². The van der Waals surface area contributed by atoms with Crippen LogP contribution in [0.4, 0.5) is 0 Å². The topological polar surface area (TPSA) is 32.6 Å². The minimum atomic E-state index is 0.184. The Kier molecular flexibility index (Phi) is 4.49. The van der Waals surface area contributed by atoms with Crippen LogP contribution in [-0.4, -0.2) is 25.6 Å². The zero-order valence-electron chi connectivity index (χ0n) is 14.8. The lowest BCUT2D eigenvalue weighted by Crippen LogP contribution is -2.01. The SMILES string of the molecule is COCOc1c(OC)ccc2c1c(C)c(-c1cccc(C)c1)n2C. The van der Waals surface area contributed by atoms with Crippen molar-refractivity contribution in [1.29, 1.82) is 0 Å². The summed E-state index contributed by atoms with van der Waals surface area (Å²) < 4.78 is 18.6. The van der Waals surface area contributed by atoms with Gasteiger partial charge in [-0.3, -0.25) is 0 Å². The molecule has 0 saturated carbocycles. The third-order valence-corrected chi connectivity index (χ3v) is 4.36. The molecule has 0 unspecified atom stereocenters. The van der Waals surface area contributed by atoms with Gasteiger partial charge in [-0.1, -0.05) is 23.8 Å². The van der Waals surface area contributed by atoms with Crippen LogP contribution in [0.15, 0.2) is 36.4 Å². The third-order valence-electron chi connectivity index (χ3n) is 4.36. The van der Waals surface area contributed by atoms with Crippen molar-refractivity contribution in [2.75, 3.05) is 21.0 Å². The van der Waals surface area contributed by atoms with E-state index in [-0.39, 0.29) is 6.79 Å². The van der Waals surface area contributed by atoms with E-state index in [9.17, 15) is 0 Å². The van der Waals surface area contributed by atoms with E-state index in [1.165, 1.54) is 22.4 Å². The summed E-state index contributed by atoms with van der Waals surface area (Å²) in [5, 5.41) is 1.06. The zero-order chi connectivity index (χ0) is 17.3. The Hall–Kier alpha value is -2.46. The van der Waals surface area contributed by atoms with Gasteiger partial charge in [-0.2, -0.15) is 0 Å². The molecule has 4 nitrogen and oxygen atoms in total. The molecule has 126 valence electrons. The lowest BCUT2D eigenvalue weighted by molar-refractivity contribution is 0.0503. The third kappa shape index (κ3) is 2.63. The molecule has 0 aliphatic heterocycles. The molecule has 0 atom stereocenters. The van der Waals surface area contributed by atoms with E-state index >= 15 is 0 Å². The van der Waals surface area contributed by atoms with Gasteiger partial charge in [-0.25, -0.2) is 0 Å². The molecular weight excluding hydrogens is 302 g/mol. The number of ether oxygens (including phenoxy) is 3. The molecule has 0 radical (unpaired) electrons. The molecule has 0 aliphatic rings. The Bertz CT molecular complexity index is 880. The molecule has 2 aromatic carbocycles. The van der Waals surface area contributed by atoms with Gasteiger partial charge in [0.05, 0.1) is 18.3 Å². The number of methoxy groups -OCH3 is 2. The number of fused-ring (bicyclic) bond motifs is 1. The summed E-state index contributed by atoms with van der Waals surface area (Å²) in [5.41, 5.74) is 5.90. The van der Waals surface area contributed by atoms with Crippen LogP contribution in [0.25, 0.3) is 22.2 Å². The molecule has 0 aliphatic carbocycles. The van der Waals surface area contributed by atoms with E-state index in [0.717, 1.165) is 16.7 Å². The standard InChI is InChI=1S/C20H23NO3/c1-13-7-6-8-15(11-13)19-14(2)18-16(21(19)3)9-10-17(23-5)20(18)24-12-22-4/h6-11H,12H2,1-5H3. The predicted molar refractivity (Wildman–Crippen MR) is 96.9 cm³/mol. The van der Waals surface area contributed by atoms with E-state index in [0.29, 0.717) is 5.75 Å². The summed E-state index contributed by atoms with van der Waals surface area (Å²) in [7, 11) is 5.35. The predicted octanol–water partition coefficient (Wildman–Crippen LogP) is 4.45. The van der Waals surface area contributed by atoms with E-state index in [1.807, 2.05) is 6.07 Å². The average molecular weight is 325 g/mol. The summed E-state index contributed by atoms with van der Waals surface area (Å²) in [4.78, 5) is 0. The molecule has 0 spiro atoms. The molecule has 0 N–H and O–H groups in total. The lowest BCUT2D eigenvalue weighted by atomic mass is 10.0. The zero-order valence-corrected chi connectivity index (χ0v) is 14.8. The second-order valence-corrected chi connectivity index (χ2v) is 5.94. The smallest absolute Gasteiger partial charge is 0.188 e. The molecule has 0 bridgehead atoms. The second-order valence-electron chi connectivity index (χ2n) is 5.94. The van der Waals surface area contributed by atoms with Gasteiger partial charge in [0.1, 0.15) is 0 Å². The summed E-state index contributed by atoms with van der Waals surface area (Å²) in [5.74, 6) is 1.44. The monoisotopic (exact) mass is 325 g/mol. The Labute approximate surface area is 142 Å². The molecule has 3 rings (SSSR count). The number of nitrogens with zero attached hydrogens (tertiary/aromatic N) is 1. The van der Waals surface area contributed by atoms with E-state index in [1.54, 1.807) is 14.2 Å². The van der Waals surface area contributed by atoms with Crippen LogP contribution >= 0.6 is 0 Å². The van der Waals surface area contributed by atoms with Crippen molar-refractivity contribution in [3.05, 3.63) is 47.5 Å². The highest BCUT2D eigenvalue weighted by Gasteiger charge is 2.20. The van der Waals surface area contributed by atoms with Crippen molar-refractivity contribution in [2.24, 2.45) is 7.05 Å². The van der Waals surface area contributed by atoms with Crippen LogP contribution in [0, 0.1) is 13.8 Å². The number of aryl methyl sites for hydroxylation is 3. The van der Waals surface area contributed by atoms with Gasteiger partial charge in [-0.15, -0.1) is 0 Å². The maximum absolute atomic E-state index is 5.84. The number of benzene rings is 2. The van der Waals surface area contributed by atoms with Crippen LogP contribution in [0.2, 0.25) is 0 Å². The Morgan fingerprint density at radius 2 is 1.83 bits per heavy atom. The molecule has 0 amide bonds. The Balaban J connectivity index is 2.30. The Morgan fingerprint density at radius 3 is 2.50 bits per heavy atom. The quantitative estimate of drug-likeness (QED) is 0.650. The first kappa shape index (κ1) is 16.4. The summed E-state index contributed by atoms with van der Waals surface area (Å²) in [6.45, 7) is 4.42. The van der Waals surface area contributed by atoms with Gasteiger partial charge in [0.2, 0.25) is 0 Å². The molecule has 0 fully saturated rings. The van der Waals surface area contributed by atoms with Gasteiger partial charge < -0.3 is 18.8 Å². The average Bonchev–Trinajstić information content (AvgIpc) is 2.83. The first-order valence-corrected chi connectivity index (χ1v) is 7.93. The maximum Gasteiger partial charge on any atom is 0.188 e. The first-order chi connectivity index (χ1) is 11.6. The minimum Gasteiger partial charge on any atom is -0.493 e. The molecule has 1 aromatic heterocycles. The van der Waals surface area contributed by atoms with Gasteiger partial charge in [0.15, 0.2) is 18.3 Å². The maximum atomic E-state index is 5.84. The fourth-order valence-corrected chi connectivity index (χ4v) is 3.31. The number of rotatable bonds is 5. The van der Waals surface area contributed by atoms with Crippen molar-refractivity contribution < 1.29 is 14.2 Å². The highest BCUT2D eigenvalue weighted by molar-refractivity contribution is 5.97. The van der Waals surface area contributed by atoms with Gasteiger partial charge in [0.25, 0.3) is 0 Å². The molecule has 3 aromatic rings. The summed E-state index contributed by atoms with van der Waals surface area (Å²) in [6.07, 6.45) is 0. The van der Waals surface area contributed by atoms with Crippen LogP contribution in [0.5, 0.6) is 11.5 Å². The van der Waals surface area contributed by atoms with Crippen molar-refractivity contribution in [1.82, 2.24) is 4.57 Å². The van der Waals surface area contributed by atoms with Crippen molar-refractivity contribution in [2.45, 2.75) is 13.8 Å². The highest BCUT2D eigenvalue weighted by atomic mass is 16.7. The van der Waals surface area contributed by atoms with E-state index in [4.69, 9.17) is 14.2 Å². The van der Waals surface area contributed by atoms with Crippen LogP contribution in [0.1, 0.15) is 11.1 Å². The fraction of sp³-hybridized carbons (Fsp3) is 0.300. The van der Waals surface area contributed by atoms with Crippen molar-refractivity contribution >= 4 is 10.9 Å². The van der Waals surface area contributed by atoms with Crippen LogP contribution in [0.3, 0.4) is 0 Å². The van der Waals surface area contributed by atoms with E-state index in [2.05, 4.69) is 55.8 Å². The fourth-order valence-electron chi connectivity index (χ4n) is 3.31. The highest BCUT2D eigenvalue weighted by Crippen LogP contribution is 2.42. The molecule has 1 heterocycles. The van der Waals surface area contributed by atoms with Gasteiger partial charge >= 0.3 is 0 Å².